The predicted octanol–water partition coefficient (Wildman–Crippen LogP) is -1.04. The highest BCUT2D eigenvalue weighted by atomic mass is 32.2. The lowest BCUT2D eigenvalue weighted by Gasteiger charge is -2.10. The third-order valence-electron chi connectivity index (χ3n) is 2.73. The summed E-state index contributed by atoms with van der Waals surface area (Å²) < 4.78 is 33.5. The van der Waals surface area contributed by atoms with Gasteiger partial charge in [0.2, 0.25) is 10.0 Å². The highest BCUT2D eigenvalue weighted by Crippen LogP contribution is 2.06. The van der Waals surface area contributed by atoms with Gasteiger partial charge in [-0.1, -0.05) is 0 Å². The van der Waals surface area contributed by atoms with Gasteiger partial charge in [-0.15, -0.1) is 0 Å². The topological polar surface area (TPSA) is 88.5 Å². The van der Waals surface area contributed by atoms with E-state index in [2.05, 4.69) is 15.1 Å². The molecule has 0 aliphatic rings. The second kappa shape index (κ2) is 9.11. The van der Waals surface area contributed by atoms with Gasteiger partial charge in [0.25, 0.3) is 0 Å². The molecule has 0 spiro atoms. The van der Waals surface area contributed by atoms with Crippen LogP contribution in [0.5, 0.6) is 0 Å². The third-order valence-corrected chi connectivity index (χ3v) is 4.15. The van der Waals surface area contributed by atoms with Gasteiger partial charge in [0, 0.05) is 25.8 Å². The lowest BCUT2D eigenvalue weighted by atomic mass is 10.6. The fourth-order valence-corrected chi connectivity index (χ4v) is 2.48. The van der Waals surface area contributed by atoms with Crippen molar-refractivity contribution in [2.24, 2.45) is 0 Å². The maximum atomic E-state index is 12.0. The van der Waals surface area contributed by atoms with Crippen molar-refractivity contribution < 1.29 is 13.2 Å². The van der Waals surface area contributed by atoms with Gasteiger partial charge in [-0.2, -0.15) is 5.10 Å². The van der Waals surface area contributed by atoms with E-state index in [0.717, 1.165) is 13.1 Å². The molecule has 122 valence electrons. The molecule has 1 heterocycles. The minimum Gasteiger partial charge on any atom is -0.379 e. The molecule has 0 saturated carbocycles. The first kappa shape index (κ1) is 18.1. The molecule has 9 heteroatoms. The Hall–Kier alpha value is -1.00. The summed E-state index contributed by atoms with van der Waals surface area (Å²) in [7, 11) is 2.23. The molecule has 0 aliphatic heterocycles. The largest absolute Gasteiger partial charge is 0.379 e. The maximum Gasteiger partial charge on any atom is 0.243 e. The number of ether oxygens (including phenoxy) is 1. The van der Waals surface area contributed by atoms with Crippen LogP contribution in [0.3, 0.4) is 0 Å². The second-order valence-electron chi connectivity index (χ2n) is 4.86. The zero-order chi connectivity index (χ0) is 15.7. The third kappa shape index (κ3) is 7.00. The predicted molar refractivity (Wildman–Crippen MR) is 80.7 cm³/mol. The average Bonchev–Trinajstić information content (AvgIpc) is 2.89. The van der Waals surface area contributed by atoms with E-state index in [-0.39, 0.29) is 11.4 Å². The monoisotopic (exact) mass is 319 g/mol. The number of hydrogen-bond acceptors (Lipinski definition) is 6. The molecule has 0 amide bonds. The van der Waals surface area contributed by atoms with Crippen molar-refractivity contribution >= 4 is 10.0 Å². The molecule has 0 fully saturated rings. The van der Waals surface area contributed by atoms with Gasteiger partial charge in [-0.05, 0) is 21.1 Å². The lowest BCUT2D eigenvalue weighted by Crippen LogP contribution is -2.28. The number of aromatic nitrogens is 2. The van der Waals surface area contributed by atoms with E-state index >= 15 is 0 Å². The number of rotatable bonds is 11. The Morgan fingerprint density at radius 3 is 2.76 bits per heavy atom. The number of nitrogens with one attached hydrogen (secondary N) is 2. The number of sulfonamides is 1. The summed E-state index contributed by atoms with van der Waals surface area (Å²) in [4.78, 5) is 2.18. The summed E-state index contributed by atoms with van der Waals surface area (Å²) in [6.45, 7) is 3.34. The zero-order valence-electron chi connectivity index (χ0n) is 12.9. The summed E-state index contributed by atoms with van der Waals surface area (Å²) in [5.74, 6) is 0. The van der Waals surface area contributed by atoms with Crippen LogP contribution in [0.1, 0.15) is 0 Å². The zero-order valence-corrected chi connectivity index (χ0v) is 13.7. The standard InChI is InChI=1S/C12H25N5O3S/c1-13-4-6-17-11-12(10-14-17)21(18,19)15-5-8-20-9-7-16(2)3/h10-11,13,15H,4-9H2,1-3H3. The number of nitrogens with zero attached hydrogens (tertiary/aromatic N) is 3. The quantitative estimate of drug-likeness (QED) is 0.507. The SMILES string of the molecule is CNCCn1cc(S(=O)(=O)NCCOCCN(C)C)cn1. The molecule has 1 aromatic rings. The fourth-order valence-electron chi connectivity index (χ4n) is 1.51. The molecule has 0 unspecified atom stereocenters. The Morgan fingerprint density at radius 1 is 1.33 bits per heavy atom. The maximum absolute atomic E-state index is 12.0. The Kier molecular flexibility index (Phi) is 7.83. The van der Waals surface area contributed by atoms with Gasteiger partial charge in [0.1, 0.15) is 4.90 Å². The van der Waals surface area contributed by atoms with Crippen LogP contribution in [0.2, 0.25) is 0 Å². The smallest absolute Gasteiger partial charge is 0.243 e. The van der Waals surface area contributed by atoms with Crippen LogP contribution >= 0.6 is 0 Å². The molecular weight excluding hydrogens is 294 g/mol. The first-order valence-corrected chi connectivity index (χ1v) is 8.33. The summed E-state index contributed by atoms with van der Waals surface area (Å²) in [5, 5.41) is 7.00. The van der Waals surface area contributed by atoms with E-state index in [9.17, 15) is 8.42 Å². The Morgan fingerprint density at radius 2 is 2.10 bits per heavy atom. The van der Waals surface area contributed by atoms with Gasteiger partial charge in [-0.25, -0.2) is 13.1 Å². The molecule has 0 bridgehead atoms. The van der Waals surface area contributed by atoms with Gasteiger partial charge in [0.05, 0.1) is 26.0 Å². The van der Waals surface area contributed by atoms with Crippen LogP contribution < -0.4 is 10.0 Å². The highest BCUT2D eigenvalue weighted by Gasteiger charge is 2.15. The van der Waals surface area contributed by atoms with Crippen molar-refractivity contribution in [1.29, 1.82) is 0 Å². The van der Waals surface area contributed by atoms with Gasteiger partial charge in [-0.3, -0.25) is 4.68 Å². The molecule has 1 aromatic heterocycles. The first-order chi connectivity index (χ1) is 9.95. The second-order valence-corrected chi connectivity index (χ2v) is 6.62. The minimum absolute atomic E-state index is 0.173. The van der Waals surface area contributed by atoms with Crippen LogP contribution in [0.15, 0.2) is 17.3 Å². The molecule has 21 heavy (non-hydrogen) atoms. The fraction of sp³-hybridized carbons (Fsp3) is 0.750. The van der Waals surface area contributed by atoms with Crippen LogP contribution in [0.4, 0.5) is 0 Å². The van der Waals surface area contributed by atoms with Gasteiger partial charge in [0.15, 0.2) is 0 Å². The van der Waals surface area contributed by atoms with Gasteiger partial charge < -0.3 is 15.0 Å². The summed E-state index contributed by atoms with van der Waals surface area (Å²) in [6.07, 6.45) is 2.87. The van der Waals surface area contributed by atoms with Crippen LogP contribution in [-0.4, -0.2) is 77.1 Å². The Labute approximate surface area is 126 Å². The van der Waals surface area contributed by atoms with Crippen molar-refractivity contribution in [3.8, 4) is 0 Å². The normalized spacial score (nSPS) is 12.2. The van der Waals surface area contributed by atoms with Crippen molar-refractivity contribution in [2.45, 2.75) is 11.4 Å². The number of hydrogen-bond donors (Lipinski definition) is 2. The van der Waals surface area contributed by atoms with Gasteiger partial charge >= 0.3 is 0 Å². The molecule has 8 nitrogen and oxygen atoms in total. The Bertz CT molecular complexity index is 501. The van der Waals surface area contributed by atoms with Crippen LogP contribution in [0.25, 0.3) is 0 Å². The molecule has 0 aliphatic carbocycles. The molecule has 0 saturated heterocycles. The highest BCUT2D eigenvalue weighted by molar-refractivity contribution is 7.89. The minimum atomic E-state index is -3.51. The van der Waals surface area contributed by atoms with E-state index in [1.54, 1.807) is 4.68 Å². The van der Waals surface area contributed by atoms with E-state index in [4.69, 9.17) is 4.74 Å². The van der Waals surface area contributed by atoms with E-state index in [0.29, 0.717) is 19.8 Å². The van der Waals surface area contributed by atoms with E-state index in [1.807, 2.05) is 26.0 Å². The van der Waals surface area contributed by atoms with Crippen molar-refractivity contribution in [3.63, 3.8) is 0 Å². The van der Waals surface area contributed by atoms with Crippen molar-refractivity contribution in [1.82, 2.24) is 24.7 Å². The summed E-state index contributed by atoms with van der Waals surface area (Å²) in [6, 6.07) is 0. The summed E-state index contributed by atoms with van der Waals surface area (Å²) >= 11 is 0. The summed E-state index contributed by atoms with van der Waals surface area (Å²) in [5.41, 5.74) is 0. The Balaban J connectivity index is 2.34. The van der Waals surface area contributed by atoms with E-state index in [1.165, 1.54) is 12.4 Å². The van der Waals surface area contributed by atoms with Crippen LogP contribution in [0, 0.1) is 0 Å². The molecule has 2 N–H and O–H groups in total. The van der Waals surface area contributed by atoms with E-state index < -0.39 is 10.0 Å². The van der Waals surface area contributed by atoms with Crippen molar-refractivity contribution in [2.75, 3.05) is 54.0 Å². The molecule has 1 rings (SSSR count). The average molecular weight is 319 g/mol. The molecule has 0 radical (unpaired) electrons. The van der Waals surface area contributed by atoms with Crippen molar-refractivity contribution in [3.05, 3.63) is 12.4 Å². The molecule has 0 atom stereocenters. The number of likely N-dealkylation sites (N-methyl/N-ethyl adjacent to an activating group) is 2. The molecular formula is C12H25N5O3S. The first-order valence-electron chi connectivity index (χ1n) is 6.85. The molecule has 0 aromatic carbocycles. The van der Waals surface area contributed by atoms with Crippen LogP contribution in [-0.2, 0) is 21.3 Å². The lowest BCUT2D eigenvalue weighted by molar-refractivity contribution is 0.122.